The highest BCUT2D eigenvalue weighted by Gasteiger charge is 2.25. The van der Waals surface area contributed by atoms with Crippen LogP contribution in [0.25, 0.3) is 0 Å². The van der Waals surface area contributed by atoms with E-state index >= 15 is 0 Å². The molecular weight excluding hydrogens is 225 g/mol. The minimum absolute atomic E-state index is 0.223. The van der Waals surface area contributed by atoms with Crippen molar-refractivity contribution in [3.8, 4) is 5.75 Å². The Hall–Kier alpha value is -1.46. The number of nitrogens with one attached hydrogen (secondary N) is 1. The molecule has 0 amide bonds. The third-order valence-corrected chi connectivity index (χ3v) is 2.65. The molecule has 1 aliphatic rings. The lowest BCUT2D eigenvalue weighted by molar-refractivity contribution is 0.0267. The summed E-state index contributed by atoms with van der Waals surface area (Å²) >= 11 is 0. The van der Waals surface area contributed by atoms with Gasteiger partial charge in [0.1, 0.15) is 17.7 Å². The van der Waals surface area contributed by atoms with E-state index in [1.165, 1.54) is 25.3 Å². The van der Waals surface area contributed by atoms with Crippen LogP contribution in [0.1, 0.15) is 10.4 Å². The van der Waals surface area contributed by atoms with E-state index in [-0.39, 0.29) is 11.3 Å². The topological polar surface area (TPSA) is 47.6 Å². The number of rotatable bonds is 3. The van der Waals surface area contributed by atoms with E-state index in [0.717, 1.165) is 6.54 Å². The Kier molecular flexibility index (Phi) is 3.71. The van der Waals surface area contributed by atoms with Crippen molar-refractivity contribution in [3.63, 3.8) is 0 Å². The van der Waals surface area contributed by atoms with Gasteiger partial charge in [-0.1, -0.05) is 0 Å². The molecule has 0 bridgehead atoms. The Morgan fingerprint density at radius 1 is 1.59 bits per heavy atom. The summed E-state index contributed by atoms with van der Waals surface area (Å²) in [6.45, 7) is 1.65. The highest BCUT2D eigenvalue weighted by atomic mass is 19.1. The van der Waals surface area contributed by atoms with Crippen molar-refractivity contribution in [2.75, 3.05) is 26.8 Å². The quantitative estimate of drug-likeness (QED) is 0.800. The summed E-state index contributed by atoms with van der Waals surface area (Å²) in [5.41, 5.74) is 0.223. The Labute approximate surface area is 98.7 Å². The van der Waals surface area contributed by atoms with Gasteiger partial charge in [0.05, 0.1) is 19.3 Å². The highest BCUT2D eigenvalue weighted by Crippen LogP contribution is 2.22. The molecule has 1 aliphatic heterocycles. The first kappa shape index (κ1) is 12.0. The summed E-state index contributed by atoms with van der Waals surface area (Å²) in [4.78, 5) is 12.1. The molecule has 0 radical (unpaired) electrons. The Balaban J connectivity index is 2.25. The Bertz CT molecular complexity index is 416. The van der Waals surface area contributed by atoms with Crippen molar-refractivity contribution in [2.45, 2.75) is 6.10 Å². The zero-order valence-corrected chi connectivity index (χ0v) is 9.53. The van der Waals surface area contributed by atoms with Gasteiger partial charge in [-0.05, 0) is 18.2 Å². The zero-order chi connectivity index (χ0) is 12.3. The van der Waals surface area contributed by atoms with Crippen molar-refractivity contribution in [3.05, 3.63) is 29.6 Å². The number of Topliss-reactive ketones (excluding diaryl/α,β-unsaturated/α-hetero) is 1. The predicted molar refractivity (Wildman–Crippen MR) is 59.9 cm³/mol. The molecule has 2 rings (SSSR count). The molecule has 0 spiro atoms. The van der Waals surface area contributed by atoms with E-state index < -0.39 is 11.9 Å². The van der Waals surface area contributed by atoms with Gasteiger partial charge in [-0.25, -0.2) is 4.39 Å². The minimum Gasteiger partial charge on any atom is -0.496 e. The van der Waals surface area contributed by atoms with Crippen LogP contribution in [0.15, 0.2) is 18.2 Å². The molecule has 1 atom stereocenters. The van der Waals surface area contributed by atoms with E-state index in [0.29, 0.717) is 18.9 Å². The van der Waals surface area contributed by atoms with Crippen molar-refractivity contribution >= 4 is 5.78 Å². The molecule has 92 valence electrons. The van der Waals surface area contributed by atoms with Gasteiger partial charge in [0.15, 0.2) is 5.78 Å². The maximum atomic E-state index is 13.1. The van der Waals surface area contributed by atoms with E-state index in [2.05, 4.69) is 5.32 Å². The standard InChI is InChI=1S/C12H14FNO3/c1-16-10-3-2-8(13)6-9(10)12(15)11-7-14-4-5-17-11/h2-3,6,11,14H,4-5,7H2,1H3. The first-order valence-corrected chi connectivity index (χ1v) is 5.42. The molecule has 5 heteroatoms. The van der Waals surface area contributed by atoms with Crippen LogP contribution in [0, 0.1) is 5.82 Å². The number of carbonyl (C=O) groups excluding carboxylic acids is 1. The van der Waals surface area contributed by atoms with Crippen molar-refractivity contribution in [1.82, 2.24) is 5.32 Å². The number of halogens is 1. The maximum Gasteiger partial charge on any atom is 0.196 e. The van der Waals surface area contributed by atoms with Gasteiger partial charge in [0.2, 0.25) is 0 Å². The molecule has 1 fully saturated rings. The van der Waals surface area contributed by atoms with Gasteiger partial charge >= 0.3 is 0 Å². The van der Waals surface area contributed by atoms with E-state index in [1.54, 1.807) is 0 Å². The summed E-state index contributed by atoms with van der Waals surface area (Å²) in [5, 5.41) is 3.06. The number of methoxy groups -OCH3 is 1. The molecule has 0 aromatic heterocycles. The molecule has 1 unspecified atom stereocenters. The number of hydrogen-bond acceptors (Lipinski definition) is 4. The van der Waals surface area contributed by atoms with Crippen LogP contribution in [0.5, 0.6) is 5.75 Å². The van der Waals surface area contributed by atoms with Gasteiger partial charge in [-0.3, -0.25) is 4.79 Å². The van der Waals surface area contributed by atoms with Crippen LogP contribution in [0.4, 0.5) is 4.39 Å². The number of carbonyl (C=O) groups is 1. The molecular formula is C12H14FNO3. The van der Waals surface area contributed by atoms with Crippen LogP contribution in [-0.2, 0) is 4.74 Å². The number of ketones is 1. The summed E-state index contributed by atoms with van der Waals surface area (Å²) in [5.74, 6) is -0.350. The second-order valence-electron chi connectivity index (χ2n) is 3.77. The Morgan fingerprint density at radius 3 is 3.06 bits per heavy atom. The molecule has 1 saturated heterocycles. The number of morpholine rings is 1. The Morgan fingerprint density at radius 2 is 2.41 bits per heavy atom. The highest BCUT2D eigenvalue weighted by molar-refractivity contribution is 6.02. The first-order valence-electron chi connectivity index (χ1n) is 5.42. The lowest BCUT2D eigenvalue weighted by atomic mass is 10.0. The fourth-order valence-corrected chi connectivity index (χ4v) is 1.78. The van der Waals surface area contributed by atoms with Gasteiger partial charge < -0.3 is 14.8 Å². The first-order chi connectivity index (χ1) is 8.22. The van der Waals surface area contributed by atoms with Crippen molar-refractivity contribution in [1.29, 1.82) is 0 Å². The molecule has 4 nitrogen and oxygen atoms in total. The minimum atomic E-state index is -0.570. The van der Waals surface area contributed by atoms with Gasteiger partial charge in [-0.15, -0.1) is 0 Å². The summed E-state index contributed by atoms with van der Waals surface area (Å²) in [7, 11) is 1.45. The number of ether oxygens (including phenoxy) is 2. The molecule has 1 heterocycles. The SMILES string of the molecule is COc1ccc(F)cc1C(=O)C1CNCCO1. The maximum absolute atomic E-state index is 13.1. The lowest BCUT2D eigenvalue weighted by Gasteiger charge is -2.23. The molecule has 17 heavy (non-hydrogen) atoms. The zero-order valence-electron chi connectivity index (χ0n) is 9.53. The second kappa shape index (κ2) is 5.25. The average Bonchev–Trinajstić information content (AvgIpc) is 2.39. The monoisotopic (exact) mass is 239 g/mol. The normalized spacial score (nSPS) is 20.0. The lowest BCUT2D eigenvalue weighted by Crippen LogP contribution is -2.43. The molecule has 1 N–H and O–H groups in total. The molecule has 0 aliphatic carbocycles. The van der Waals surface area contributed by atoms with Gasteiger partial charge in [0.25, 0.3) is 0 Å². The summed E-state index contributed by atoms with van der Waals surface area (Å²) in [6.07, 6.45) is -0.570. The van der Waals surface area contributed by atoms with Crippen LogP contribution < -0.4 is 10.1 Å². The molecule has 0 saturated carbocycles. The fraction of sp³-hybridized carbons (Fsp3) is 0.417. The van der Waals surface area contributed by atoms with Crippen molar-refractivity contribution in [2.24, 2.45) is 0 Å². The second-order valence-corrected chi connectivity index (χ2v) is 3.77. The molecule has 1 aromatic rings. The van der Waals surface area contributed by atoms with E-state index in [4.69, 9.17) is 9.47 Å². The number of benzene rings is 1. The predicted octanol–water partition coefficient (Wildman–Crippen LogP) is 1.01. The molecule has 1 aromatic carbocycles. The van der Waals surface area contributed by atoms with Crippen LogP contribution >= 0.6 is 0 Å². The third-order valence-electron chi connectivity index (χ3n) is 2.65. The number of hydrogen-bond donors (Lipinski definition) is 1. The summed E-state index contributed by atoms with van der Waals surface area (Å²) in [6, 6.07) is 3.88. The average molecular weight is 239 g/mol. The fourth-order valence-electron chi connectivity index (χ4n) is 1.78. The smallest absolute Gasteiger partial charge is 0.196 e. The van der Waals surface area contributed by atoms with Gasteiger partial charge in [-0.2, -0.15) is 0 Å². The third kappa shape index (κ3) is 2.62. The van der Waals surface area contributed by atoms with E-state index in [9.17, 15) is 9.18 Å². The van der Waals surface area contributed by atoms with Gasteiger partial charge in [0, 0.05) is 13.1 Å². The van der Waals surface area contributed by atoms with Crippen LogP contribution in [-0.4, -0.2) is 38.7 Å². The van der Waals surface area contributed by atoms with Crippen LogP contribution in [0.2, 0.25) is 0 Å². The largest absolute Gasteiger partial charge is 0.496 e. The van der Waals surface area contributed by atoms with Crippen molar-refractivity contribution < 1.29 is 18.7 Å². The summed E-state index contributed by atoms with van der Waals surface area (Å²) < 4.78 is 23.5. The van der Waals surface area contributed by atoms with Crippen LogP contribution in [0.3, 0.4) is 0 Å². The van der Waals surface area contributed by atoms with E-state index in [1.807, 2.05) is 0 Å².